The lowest BCUT2D eigenvalue weighted by atomic mass is 10.3. The van der Waals surface area contributed by atoms with Crippen LogP contribution in [-0.2, 0) is 6.54 Å². The summed E-state index contributed by atoms with van der Waals surface area (Å²) in [6.07, 6.45) is 3.57. The van der Waals surface area contributed by atoms with Crippen molar-refractivity contribution in [3.63, 3.8) is 0 Å². The van der Waals surface area contributed by atoms with Gasteiger partial charge in [0.2, 0.25) is 0 Å². The van der Waals surface area contributed by atoms with Gasteiger partial charge in [0.25, 0.3) is 0 Å². The highest BCUT2D eigenvalue weighted by Crippen LogP contribution is 2.18. The molecule has 3 rings (SSSR count). The molecule has 8 nitrogen and oxygen atoms in total. The van der Waals surface area contributed by atoms with Gasteiger partial charge in [0.05, 0.1) is 18.4 Å². The molecule has 0 aliphatic rings. The first-order valence-electron chi connectivity index (χ1n) is 6.64. The first kappa shape index (κ1) is 16.1. The molecule has 0 saturated heterocycles. The van der Waals surface area contributed by atoms with E-state index in [-0.39, 0.29) is 12.4 Å². The molecule has 0 aromatic carbocycles. The van der Waals surface area contributed by atoms with Gasteiger partial charge >= 0.3 is 0 Å². The normalized spacial score (nSPS) is 10.5. The zero-order valence-electron chi connectivity index (χ0n) is 12.3. The van der Waals surface area contributed by atoms with Crippen molar-refractivity contribution in [3.05, 3.63) is 36.0 Å². The van der Waals surface area contributed by atoms with Gasteiger partial charge in [0, 0.05) is 18.4 Å². The summed E-state index contributed by atoms with van der Waals surface area (Å²) in [6.45, 7) is 4.91. The van der Waals surface area contributed by atoms with E-state index in [1.165, 1.54) is 0 Å². The Morgan fingerprint density at radius 2 is 2.09 bits per heavy atom. The number of aryl methyl sites for hydroxylation is 2. The van der Waals surface area contributed by atoms with Crippen molar-refractivity contribution >= 4 is 12.4 Å². The summed E-state index contributed by atoms with van der Waals surface area (Å²) in [7, 11) is 0. The van der Waals surface area contributed by atoms with E-state index < -0.39 is 0 Å². The number of rotatable bonds is 4. The smallest absolute Gasteiger partial charge is 0.185 e. The van der Waals surface area contributed by atoms with Crippen LogP contribution in [0.5, 0.6) is 0 Å². The molecule has 22 heavy (non-hydrogen) atoms. The average Bonchev–Trinajstić information content (AvgIpc) is 3.06. The Morgan fingerprint density at radius 3 is 2.82 bits per heavy atom. The molecule has 0 bridgehead atoms. The Kier molecular flexibility index (Phi) is 4.84. The summed E-state index contributed by atoms with van der Waals surface area (Å²) < 4.78 is 3.45. The van der Waals surface area contributed by atoms with Crippen LogP contribution in [0.15, 0.2) is 24.5 Å². The van der Waals surface area contributed by atoms with E-state index in [9.17, 15) is 0 Å². The van der Waals surface area contributed by atoms with E-state index >= 15 is 0 Å². The molecular weight excluding hydrogens is 304 g/mol. The quantitative estimate of drug-likeness (QED) is 0.767. The fourth-order valence-electron chi connectivity index (χ4n) is 2.07. The second-order valence-corrected chi connectivity index (χ2v) is 4.71. The van der Waals surface area contributed by atoms with Crippen molar-refractivity contribution < 1.29 is 0 Å². The summed E-state index contributed by atoms with van der Waals surface area (Å²) in [4.78, 5) is 8.64. The molecule has 0 spiro atoms. The van der Waals surface area contributed by atoms with Crippen molar-refractivity contribution in [1.29, 1.82) is 0 Å². The molecule has 0 saturated carbocycles. The number of hydrogen-bond donors (Lipinski definition) is 1. The minimum Gasteiger partial charge on any atom is -0.329 e. The van der Waals surface area contributed by atoms with Crippen molar-refractivity contribution in [2.24, 2.45) is 5.73 Å². The van der Waals surface area contributed by atoms with Crippen LogP contribution < -0.4 is 5.73 Å². The summed E-state index contributed by atoms with van der Waals surface area (Å²) in [5, 5.41) is 12.6. The number of nitrogens with zero attached hydrogens (tertiary/aromatic N) is 7. The van der Waals surface area contributed by atoms with Crippen LogP contribution in [0.3, 0.4) is 0 Å². The third-order valence-corrected chi connectivity index (χ3v) is 2.96. The molecule has 0 aliphatic heterocycles. The lowest BCUT2D eigenvalue weighted by Crippen LogP contribution is -2.10. The highest BCUT2D eigenvalue weighted by molar-refractivity contribution is 5.85. The predicted molar refractivity (Wildman–Crippen MR) is 83.9 cm³/mol. The summed E-state index contributed by atoms with van der Waals surface area (Å²) in [5.41, 5.74) is 8.00. The number of halogens is 1. The zero-order chi connectivity index (χ0) is 14.8. The van der Waals surface area contributed by atoms with Gasteiger partial charge in [0.15, 0.2) is 5.82 Å². The zero-order valence-corrected chi connectivity index (χ0v) is 13.2. The Morgan fingerprint density at radius 1 is 1.27 bits per heavy atom. The molecule has 116 valence electrons. The van der Waals surface area contributed by atoms with Gasteiger partial charge in [-0.15, -0.1) is 17.5 Å². The fraction of sp³-hybridized carbons (Fsp3) is 0.308. The standard InChI is InChI=1S/C13H16N8.ClH/c1-9-7-11(3-5-15-9)21-13(16-10(2)18-21)12-8-20(6-4-14)19-17-12;/h3,5,7-8H,4,6,14H2,1-2H3;1H. The van der Waals surface area contributed by atoms with Crippen LogP contribution in [0.4, 0.5) is 0 Å². The molecule has 0 aliphatic carbocycles. The average molecular weight is 321 g/mol. The molecule has 9 heteroatoms. The molecule has 0 radical (unpaired) electrons. The van der Waals surface area contributed by atoms with Crippen molar-refractivity contribution in [2.75, 3.05) is 6.54 Å². The lowest BCUT2D eigenvalue weighted by molar-refractivity contribution is 0.598. The van der Waals surface area contributed by atoms with Crippen LogP contribution in [-0.4, -0.2) is 41.3 Å². The molecule has 3 aromatic rings. The van der Waals surface area contributed by atoms with Gasteiger partial charge < -0.3 is 5.73 Å². The van der Waals surface area contributed by atoms with Gasteiger partial charge in [-0.25, -0.2) is 9.67 Å². The maximum atomic E-state index is 5.52. The first-order chi connectivity index (χ1) is 10.2. The van der Waals surface area contributed by atoms with Gasteiger partial charge in [-0.1, -0.05) is 5.21 Å². The second-order valence-electron chi connectivity index (χ2n) is 4.71. The van der Waals surface area contributed by atoms with E-state index in [1.807, 2.05) is 32.2 Å². The minimum absolute atomic E-state index is 0. The van der Waals surface area contributed by atoms with Crippen LogP contribution >= 0.6 is 12.4 Å². The SMILES string of the molecule is Cc1cc(-n2nc(C)nc2-c2cn(CCN)nn2)ccn1.Cl. The Balaban J connectivity index is 0.00000176. The van der Waals surface area contributed by atoms with Crippen LogP contribution in [0.2, 0.25) is 0 Å². The molecule has 0 fully saturated rings. The molecular formula is C13H17ClN8. The Hall–Kier alpha value is -2.32. The van der Waals surface area contributed by atoms with Crippen molar-refractivity contribution in [3.8, 4) is 17.2 Å². The summed E-state index contributed by atoms with van der Waals surface area (Å²) in [6, 6.07) is 3.83. The molecule has 0 amide bonds. The topological polar surface area (TPSA) is 100 Å². The van der Waals surface area contributed by atoms with Gasteiger partial charge in [-0.2, -0.15) is 5.10 Å². The monoisotopic (exact) mass is 320 g/mol. The minimum atomic E-state index is 0. The maximum absolute atomic E-state index is 5.52. The maximum Gasteiger partial charge on any atom is 0.185 e. The second kappa shape index (κ2) is 6.63. The van der Waals surface area contributed by atoms with Crippen LogP contribution in [0.1, 0.15) is 11.5 Å². The predicted octanol–water partition coefficient (Wildman–Crippen LogP) is 0.918. The summed E-state index contributed by atoms with van der Waals surface area (Å²) in [5.74, 6) is 1.33. The molecule has 3 aromatic heterocycles. The largest absolute Gasteiger partial charge is 0.329 e. The van der Waals surface area contributed by atoms with Gasteiger partial charge in [-0.3, -0.25) is 9.67 Å². The third kappa shape index (κ3) is 3.12. The molecule has 0 atom stereocenters. The fourth-order valence-corrected chi connectivity index (χ4v) is 2.07. The number of aromatic nitrogens is 7. The van der Waals surface area contributed by atoms with Gasteiger partial charge in [-0.05, 0) is 26.0 Å². The van der Waals surface area contributed by atoms with E-state index in [2.05, 4.69) is 25.4 Å². The van der Waals surface area contributed by atoms with E-state index in [4.69, 9.17) is 5.73 Å². The van der Waals surface area contributed by atoms with Crippen LogP contribution in [0, 0.1) is 13.8 Å². The lowest BCUT2D eigenvalue weighted by Gasteiger charge is -2.04. The van der Waals surface area contributed by atoms with Crippen molar-refractivity contribution in [2.45, 2.75) is 20.4 Å². The highest BCUT2D eigenvalue weighted by Gasteiger charge is 2.15. The van der Waals surface area contributed by atoms with E-state index in [1.54, 1.807) is 15.6 Å². The van der Waals surface area contributed by atoms with Crippen molar-refractivity contribution in [1.82, 2.24) is 34.7 Å². The van der Waals surface area contributed by atoms with E-state index in [0.29, 0.717) is 30.4 Å². The third-order valence-electron chi connectivity index (χ3n) is 2.96. The van der Waals surface area contributed by atoms with Crippen LogP contribution in [0.25, 0.3) is 17.2 Å². The number of pyridine rings is 1. The number of nitrogens with two attached hydrogens (primary N) is 1. The van der Waals surface area contributed by atoms with Gasteiger partial charge in [0.1, 0.15) is 11.5 Å². The van der Waals surface area contributed by atoms with E-state index in [0.717, 1.165) is 11.4 Å². The Bertz CT molecular complexity index is 763. The molecule has 3 heterocycles. The molecule has 2 N–H and O–H groups in total. The molecule has 0 unspecified atom stereocenters. The number of hydrogen-bond acceptors (Lipinski definition) is 6. The highest BCUT2D eigenvalue weighted by atomic mass is 35.5. The summed E-state index contributed by atoms with van der Waals surface area (Å²) >= 11 is 0. The first-order valence-corrected chi connectivity index (χ1v) is 6.64. The Labute approximate surface area is 133 Å².